The Hall–Kier alpha value is -1.11. The number of carbonyl (C=O) groups is 2. The monoisotopic (exact) mass is 372 g/mol. The second-order valence-corrected chi connectivity index (χ2v) is 6.68. The van der Waals surface area contributed by atoms with Crippen LogP contribution in [0.2, 0.25) is 0 Å². The Morgan fingerprint density at radius 2 is 1.89 bits per heavy atom. The smallest absolute Gasteiger partial charge is 0.322 e. The van der Waals surface area contributed by atoms with Crippen LogP contribution in [-0.4, -0.2) is 38.8 Å². The van der Waals surface area contributed by atoms with E-state index in [1.807, 2.05) is 59.8 Å². The van der Waals surface area contributed by atoms with E-state index in [0.717, 1.165) is 5.56 Å². The Morgan fingerprint density at radius 3 is 2.42 bits per heavy atom. The number of halogens is 1. The van der Waals surface area contributed by atoms with Crippen molar-refractivity contribution in [3.05, 3.63) is 35.9 Å². The number of alkyl halides is 1. The third kappa shape index (κ3) is 2.48. The van der Waals surface area contributed by atoms with E-state index in [1.165, 1.54) is 4.90 Å². The van der Waals surface area contributed by atoms with Gasteiger partial charge in [0, 0.05) is 7.05 Å². The van der Waals surface area contributed by atoms with Crippen LogP contribution in [0.1, 0.15) is 25.5 Å². The minimum absolute atomic E-state index is 0.0194. The largest absolute Gasteiger partial charge is 0.327 e. The molecule has 0 spiro atoms. The fourth-order valence-electron chi connectivity index (χ4n) is 2.39. The van der Waals surface area contributed by atoms with Gasteiger partial charge < -0.3 is 4.90 Å². The molecule has 0 radical (unpaired) electrons. The van der Waals surface area contributed by atoms with Crippen LogP contribution >= 0.6 is 22.6 Å². The minimum Gasteiger partial charge on any atom is -0.322 e. The molecule has 0 aliphatic carbocycles. The molecule has 1 heterocycles. The van der Waals surface area contributed by atoms with E-state index in [4.69, 9.17) is 0 Å². The molecule has 1 aromatic carbocycles. The Kier molecular flexibility index (Phi) is 4.13. The first-order chi connectivity index (χ1) is 8.95. The van der Waals surface area contributed by atoms with Gasteiger partial charge in [0.05, 0.1) is 16.0 Å². The number of amides is 3. The SMILES string of the molecule is C[C@H](I)C(=O)N1C(=O)N(C)[C@@H](C)[C@H]1c1ccccc1. The summed E-state index contributed by atoms with van der Waals surface area (Å²) in [7, 11) is 1.74. The summed E-state index contributed by atoms with van der Waals surface area (Å²) >= 11 is 2.05. The van der Waals surface area contributed by atoms with E-state index >= 15 is 0 Å². The molecular formula is C14H17IN2O2. The lowest BCUT2D eigenvalue weighted by Gasteiger charge is -2.25. The van der Waals surface area contributed by atoms with Crippen molar-refractivity contribution in [3.63, 3.8) is 0 Å². The Bertz CT molecular complexity index is 481. The maximum absolute atomic E-state index is 12.3. The summed E-state index contributed by atoms with van der Waals surface area (Å²) in [5, 5.41) is 0. The molecule has 1 saturated heterocycles. The molecule has 19 heavy (non-hydrogen) atoms. The molecule has 0 aromatic heterocycles. The van der Waals surface area contributed by atoms with Crippen LogP contribution in [0.5, 0.6) is 0 Å². The van der Waals surface area contributed by atoms with Crippen LogP contribution in [0.3, 0.4) is 0 Å². The van der Waals surface area contributed by atoms with Crippen molar-refractivity contribution in [1.82, 2.24) is 9.80 Å². The van der Waals surface area contributed by atoms with E-state index < -0.39 is 0 Å². The topological polar surface area (TPSA) is 40.6 Å². The number of nitrogens with zero attached hydrogens (tertiary/aromatic N) is 2. The summed E-state index contributed by atoms with van der Waals surface area (Å²) in [6.07, 6.45) is 0. The summed E-state index contributed by atoms with van der Waals surface area (Å²) in [6, 6.07) is 9.29. The van der Waals surface area contributed by atoms with Gasteiger partial charge in [-0.15, -0.1) is 0 Å². The lowest BCUT2D eigenvalue weighted by Crippen LogP contribution is -2.39. The van der Waals surface area contributed by atoms with Crippen molar-refractivity contribution in [2.75, 3.05) is 7.05 Å². The number of urea groups is 1. The summed E-state index contributed by atoms with van der Waals surface area (Å²) in [4.78, 5) is 27.6. The minimum atomic E-state index is -0.216. The van der Waals surface area contributed by atoms with E-state index in [1.54, 1.807) is 18.9 Å². The van der Waals surface area contributed by atoms with Gasteiger partial charge in [0.15, 0.2) is 0 Å². The van der Waals surface area contributed by atoms with Crippen LogP contribution < -0.4 is 0 Å². The molecule has 0 saturated carbocycles. The highest BCUT2D eigenvalue weighted by Crippen LogP contribution is 2.35. The number of carbonyl (C=O) groups excluding carboxylic acids is 2. The van der Waals surface area contributed by atoms with Crippen LogP contribution in [-0.2, 0) is 4.79 Å². The van der Waals surface area contributed by atoms with Gasteiger partial charge in [-0.2, -0.15) is 0 Å². The van der Waals surface area contributed by atoms with Gasteiger partial charge in [-0.05, 0) is 19.4 Å². The first-order valence-electron chi connectivity index (χ1n) is 6.24. The summed E-state index contributed by atoms with van der Waals surface area (Å²) < 4.78 is -0.216. The third-order valence-electron chi connectivity index (χ3n) is 3.57. The zero-order valence-corrected chi connectivity index (χ0v) is 13.4. The lowest BCUT2D eigenvalue weighted by molar-refractivity contribution is -0.128. The summed E-state index contributed by atoms with van der Waals surface area (Å²) in [6.45, 7) is 3.78. The molecule has 4 nitrogen and oxygen atoms in total. The molecule has 3 amide bonds. The van der Waals surface area contributed by atoms with Gasteiger partial charge in [-0.25, -0.2) is 4.79 Å². The number of rotatable bonds is 2. The fraction of sp³-hybridized carbons (Fsp3) is 0.429. The highest BCUT2D eigenvalue weighted by Gasteiger charge is 2.46. The second-order valence-electron chi connectivity index (χ2n) is 4.81. The average molecular weight is 372 g/mol. The number of likely N-dealkylation sites (N-methyl/N-ethyl adjacent to an activating group) is 1. The summed E-state index contributed by atoms with van der Waals surface area (Å²) in [5.41, 5.74) is 0.998. The fourth-order valence-corrected chi connectivity index (χ4v) is 2.69. The van der Waals surface area contributed by atoms with Crippen molar-refractivity contribution in [1.29, 1.82) is 0 Å². The summed E-state index contributed by atoms with van der Waals surface area (Å²) in [5.74, 6) is -0.129. The molecule has 2 rings (SSSR count). The van der Waals surface area contributed by atoms with Crippen LogP contribution in [0, 0.1) is 0 Å². The zero-order valence-electron chi connectivity index (χ0n) is 11.2. The van der Waals surface area contributed by atoms with Gasteiger partial charge >= 0.3 is 6.03 Å². The predicted molar refractivity (Wildman–Crippen MR) is 82.1 cm³/mol. The maximum atomic E-state index is 12.3. The molecule has 0 N–H and O–H groups in total. The lowest BCUT2D eigenvalue weighted by atomic mass is 10.0. The van der Waals surface area contributed by atoms with E-state index in [9.17, 15) is 9.59 Å². The van der Waals surface area contributed by atoms with Crippen molar-refractivity contribution < 1.29 is 9.59 Å². The van der Waals surface area contributed by atoms with Crippen LogP contribution in [0.15, 0.2) is 30.3 Å². The number of imide groups is 1. The van der Waals surface area contributed by atoms with Crippen molar-refractivity contribution >= 4 is 34.5 Å². The van der Waals surface area contributed by atoms with Gasteiger partial charge in [-0.1, -0.05) is 52.9 Å². The average Bonchev–Trinajstić information content (AvgIpc) is 2.63. The van der Waals surface area contributed by atoms with Crippen LogP contribution in [0.4, 0.5) is 4.79 Å². The number of hydrogen-bond acceptors (Lipinski definition) is 2. The third-order valence-corrected chi connectivity index (χ3v) is 4.11. The molecular weight excluding hydrogens is 355 g/mol. The number of benzene rings is 1. The van der Waals surface area contributed by atoms with Gasteiger partial charge in [0.25, 0.3) is 0 Å². The van der Waals surface area contributed by atoms with Crippen molar-refractivity contribution in [2.24, 2.45) is 0 Å². The van der Waals surface area contributed by atoms with Gasteiger partial charge in [0.1, 0.15) is 0 Å². The van der Waals surface area contributed by atoms with E-state index in [-0.39, 0.29) is 27.9 Å². The highest BCUT2D eigenvalue weighted by atomic mass is 127. The molecule has 0 unspecified atom stereocenters. The Labute approximate surface area is 126 Å². The first kappa shape index (κ1) is 14.3. The maximum Gasteiger partial charge on any atom is 0.327 e. The first-order valence-corrected chi connectivity index (χ1v) is 7.48. The Morgan fingerprint density at radius 1 is 1.32 bits per heavy atom. The number of hydrogen-bond donors (Lipinski definition) is 0. The van der Waals surface area contributed by atoms with Gasteiger partial charge in [-0.3, -0.25) is 9.69 Å². The van der Waals surface area contributed by atoms with Crippen molar-refractivity contribution in [2.45, 2.75) is 29.9 Å². The predicted octanol–water partition coefficient (Wildman–Crippen LogP) is 2.83. The standard InChI is InChI=1S/C14H17IN2O2/c1-9(15)13(18)17-12(10(2)16(3)14(17)19)11-7-5-4-6-8-11/h4-10,12H,1-3H3/t9-,10-,12-/m0/s1. The zero-order chi connectivity index (χ0) is 14.2. The molecule has 1 aliphatic heterocycles. The highest BCUT2D eigenvalue weighted by molar-refractivity contribution is 14.1. The normalized spacial score (nSPS) is 24.7. The second kappa shape index (κ2) is 5.48. The van der Waals surface area contributed by atoms with Gasteiger partial charge in [0.2, 0.25) is 5.91 Å². The molecule has 0 bridgehead atoms. The Balaban J connectivity index is 2.43. The molecule has 1 fully saturated rings. The van der Waals surface area contributed by atoms with Crippen molar-refractivity contribution in [3.8, 4) is 0 Å². The molecule has 102 valence electrons. The van der Waals surface area contributed by atoms with E-state index in [2.05, 4.69) is 0 Å². The molecule has 1 aliphatic rings. The molecule has 3 atom stereocenters. The molecule has 1 aromatic rings. The molecule has 5 heteroatoms. The van der Waals surface area contributed by atoms with Crippen LogP contribution in [0.25, 0.3) is 0 Å². The van der Waals surface area contributed by atoms with E-state index in [0.29, 0.717) is 0 Å². The quantitative estimate of drug-likeness (QED) is 0.592.